The number of carbonyl (C=O) groups is 1. The summed E-state index contributed by atoms with van der Waals surface area (Å²) in [7, 11) is 4.95. The lowest BCUT2D eigenvalue weighted by atomic mass is 10.00. The molecule has 1 N–H and O–H groups in total. The molecule has 1 aromatic carbocycles. The molecule has 3 rings (SSSR count). The van der Waals surface area contributed by atoms with Crippen LogP contribution in [0.15, 0.2) is 30.5 Å². The van der Waals surface area contributed by atoms with E-state index in [9.17, 15) is 4.79 Å². The standard InChI is InChI=1S/C17H21N3O3/c1-20-10-14(16(19-20)22-2)15(21)18-11-17(23-3)8-12-6-4-5-7-13(12)9-17/h4-7,10H,8-9,11H2,1-3H3,(H,18,21). The summed E-state index contributed by atoms with van der Waals surface area (Å²) in [4.78, 5) is 12.4. The van der Waals surface area contributed by atoms with Crippen molar-refractivity contribution in [2.45, 2.75) is 18.4 Å². The molecule has 0 saturated carbocycles. The highest BCUT2D eigenvalue weighted by molar-refractivity contribution is 5.96. The monoisotopic (exact) mass is 315 g/mol. The molecular formula is C17H21N3O3. The van der Waals surface area contributed by atoms with Crippen molar-refractivity contribution in [1.29, 1.82) is 0 Å². The first-order valence-corrected chi connectivity index (χ1v) is 7.55. The SMILES string of the molecule is COc1nn(C)cc1C(=O)NCC1(OC)Cc2ccccc2C1. The number of hydrogen-bond donors (Lipinski definition) is 1. The van der Waals surface area contributed by atoms with Crippen molar-refractivity contribution in [3.05, 3.63) is 47.2 Å². The summed E-state index contributed by atoms with van der Waals surface area (Å²) in [5, 5.41) is 7.06. The Bertz CT molecular complexity index is 699. The molecule has 0 bridgehead atoms. The summed E-state index contributed by atoms with van der Waals surface area (Å²) in [5.74, 6) is 0.119. The smallest absolute Gasteiger partial charge is 0.258 e. The third-order valence-electron chi connectivity index (χ3n) is 4.38. The second-order valence-corrected chi connectivity index (χ2v) is 5.92. The lowest BCUT2D eigenvalue weighted by Gasteiger charge is -2.27. The molecule has 122 valence electrons. The zero-order valence-electron chi connectivity index (χ0n) is 13.6. The van der Waals surface area contributed by atoms with E-state index in [0.29, 0.717) is 18.0 Å². The van der Waals surface area contributed by atoms with E-state index in [1.54, 1.807) is 25.0 Å². The first kappa shape index (κ1) is 15.6. The van der Waals surface area contributed by atoms with E-state index >= 15 is 0 Å². The number of fused-ring (bicyclic) bond motifs is 1. The summed E-state index contributed by atoms with van der Waals surface area (Å²) < 4.78 is 12.5. The molecule has 1 aliphatic carbocycles. The minimum Gasteiger partial charge on any atom is -0.479 e. The molecule has 0 spiro atoms. The van der Waals surface area contributed by atoms with Gasteiger partial charge in [-0.25, -0.2) is 0 Å². The molecule has 1 aliphatic rings. The Labute approximate surface area is 135 Å². The van der Waals surface area contributed by atoms with Gasteiger partial charge in [0.15, 0.2) is 0 Å². The first-order valence-electron chi connectivity index (χ1n) is 7.55. The molecule has 0 aliphatic heterocycles. The van der Waals surface area contributed by atoms with Gasteiger partial charge in [0.25, 0.3) is 5.91 Å². The van der Waals surface area contributed by atoms with Crippen LogP contribution in [-0.4, -0.2) is 42.1 Å². The van der Waals surface area contributed by atoms with Crippen molar-refractivity contribution in [2.75, 3.05) is 20.8 Å². The fourth-order valence-electron chi connectivity index (χ4n) is 3.11. The maximum atomic E-state index is 12.4. The average molecular weight is 315 g/mol. The van der Waals surface area contributed by atoms with E-state index in [1.807, 2.05) is 12.1 Å². The number of aromatic nitrogens is 2. The molecular weight excluding hydrogens is 294 g/mol. The number of methoxy groups -OCH3 is 2. The van der Waals surface area contributed by atoms with E-state index in [1.165, 1.54) is 18.2 Å². The van der Waals surface area contributed by atoms with Crippen LogP contribution in [-0.2, 0) is 24.6 Å². The maximum absolute atomic E-state index is 12.4. The molecule has 6 heteroatoms. The Kier molecular flexibility index (Phi) is 4.09. The van der Waals surface area contributed by atoms with Crippen LogP contribution in [0.1, 0.15) is 21.5 Å². The zero-order valence-corrected chi connectivity index (χ0v) is 13.6. The molecule has 0 saturated heterocycles. The van der Waals surface area contributed by atoms with Crippen molar-refractivity contribution in [2.24, 2.45) is 7.05 Å². The first-order chi connectivity index (χ1) is 11.1. The van der Waals surface area contributed by atoms with Gasteiger partial charge < -0.3 is 14.8 Å². The topological polar surface area (TPSA) is 65.4 Å². The van der Waals surface area contributed by atoms with Crippen LogP contribution < -0.4 is 10.1 Å². The van der Waals surface area contributed by atoms with Gasteiger partial charge in [-0.3, -0.25) is 9.48 Å². The summed E-state index contributed by atoms with van der Waals surface area (Å²) in [5.41, 5.74) is 2.59. The van der Waals surface area contributed by atoms with Gasteiger partial charge in [0.05, 0.1) is 12.7 Å². The number of hydrogen-bond acceptors (Lipinski definition) is 4. The number of carbonyl (C=O) groups excluding carboxylic acids is 1. The number of ether oxygens (including phenoxy) is 2. The van der Waals surface area contributed by atoms with E-state index in [2.05, 4.69) is 22.5 Å². The van der Waals surface area contributed by atoms with Gasteiger partial charge in [-0.15, -0.1) is 5.10 Å². The van der Waals surface area contributed by atoms with Gasteiger partial charge >= 0.3 is 0 Å². The molecule has 1 aromatic heterocycles. The average Bonchev–Trinajstić information content (AvgIpc) is 3.13. The van der Waals surface area contributed by atoms with Crippen molar-refractivity contribution in [1.82, 2.24) is 15.1 Å². The Morgan fingerprint density at radius 3 is 2.52 bits per heavy atom. The van der Waals surface area contributed by atoms with Crippen molar-refractivity contribution >= 4 is 5.91 Å². The molecule has 0 radical (unpaired) electrons. The summed E-state index contributed by atoms with van der Waals surface area (Å²) >= 11 is 0. The molecule has 2 aromatic rings. The predicted molar refractivity (Wildman–Crippen MR) is 85.7 cm³/mol. The summed E-state index contributed by atoms with van der Waals surface area (Å²) in [6.45, 7) is 0.440. The molecule has 0 atom stereocenters. The van der Waals surface area contributed by atoms with E-state index in [-0.39, 0.29) is 5.91 Å². The lowest BCUT2D eigenvalue weighted by Crippen LogP contribution is -2.45. The number of amides is 1. The number of rotatable bonds is 5. The number of aryl methyl sites for hydroxylation is 1. The minimum atomic E-state index is -0.394. The molecule has 1 heterocycles. The highest BCUT2D eigenvalue weighted by Crippen LogP contribution is 2.32. The lowest BCUT2D eigenvalue weighted by molar-refractivity contribution is 0.000154. The van der Waals surface area contributed by atoms with E-state index in [0.717, 1.165) is 12.8 Å². The third kappa shape index (κ3) is 2.94. The van der Waals surface area contributed by atoms with Crippen LogP contribution in [0, 0.1) is 0 Å². The Morgan fingerprint density at radius 2 is 1.96 bits per heavy atom. The Hall–Kier alpha value is -2.34. The molecule has 0 fully saturated rings. The molecule has 6 nitrogen and oxygen atoms in total. The van der Waals surface area contributed by atoms with Gasteiger partial charge in [0.2, 0.25) is 5.88 Å². The normalized spacial score (nSPS) is 15.3. The Morgan fingerprint density at radius 1 is 1.30 bits per heavy atom. The van der Waals surface area contributed by atoms with Crippen LogP contribution in [0.25, 0.3) is 0 Å². The van der Waals surface area contributed by atoms with Crippen LogP contribution in [0.3, 0.4) is 0 Å². The third-order valence-corrected chi connectivity index (χ3v) is 4.38. The maximum Gasteiger partial charge on any atom is 0.258 e. The molecule has 0 unspecified atom stereocenters. The highest BCUT2D eigenvalue weighted by Gasteiger charge is 2.37. The van der Waals surface area contributed by atoms with Crippen LogP contribution in [0.4, 0.5) is 0 Å². The predicted octanol–water partition coefficient (Wildman–Crippen LogP) is 1.34. The fraction of sp³-hybridized carbons (Fsp3) is 0.412. The van der Waals surface area contributed by atoms with Gasteiger partial charge in [-0.2, -0.15) is 0 Å². The molecule has 23 heavy (non-hydrogen) atoms. The van der Waals surface area contributed by atoms with Crippen LogP contribution >= 0.6 is 0 Å². The van der Waals surface area contributed by atoms with Crippen molar-refractivity contribution in [3.8, 4) is 5.88 Å². The second-order valence-electron chi connectivity index (χ2n) is 5.92. The fourth-order valence-corrected chi connectivity index (χ4v) is 3.11. The second kappa shape index (κ2) is 6.04. The largest absolute Gasteiger partial charge is 0.479 e. The summed E-state index contributed by atoms with van der Waals surface area (Å²) in [6.07, 6.45) is 3.24. The number of nitrogens with one attached hydrogen (secondary N) is 1. The van der Waals surface area contributed by atoms with Gasteiger partial charge in [0, 0.05) is 39.7 Å². The van der Waals surface area contributed by atoms with E-state index < -0.39 is 5.60 Å². The quantitative estimate of drug-likeness (QED) is 0.904. The van der Waals surface area contributed by atoms with Gasteiger partial charge in [-0.05, 0) is 11.1 Å². The van der Waals surface area contributed by atoms with Crippen LogP contribution in [0.2, 0.25) is 0 Å². The van der Waals surface area contributed by atoms with E-state index in [4.69, 9.17) is 9.47 Å². The number of benzene rings is 1. The highest BCUT2D eigenvalue weighted by atomic mass is 16.5. The number of nitrogens with zero attached hydrogens (tertiary/aromatic N) is 2. The minimum absolute atomic E-state index is 0.206. The van der Waals surface area contributed by atoms with Crippen molar-refractivity contribution < 1.29 is 14.3 Å². The zero-order chi connectivity index (χ0) is 16.4. The molecule has 1 amide bonds. The van der Waals surface area contributed by atoms with Gasteiger partial charge in [0.1, 0.15) is 5.56 Å². The Balaban J connectivity index is 1.71. The van der Waals surface area contributed by atoms with Crippen molar-refractivity contribution in [3.63, 3.8) is 0 Å². The summed E-state index contributed by atoms with van der Waals surface area (Å²) in [6, 6.07) is 8.29. The van der Waals surface area contributed by atoms with Crippen LogP contribution in [0.5, 0.6) is 5.88 Å². The van der Waals surface area contributed by atoms with Gasteiger partial charge in [-0.1, -0.05) is 24.3 Å².